The second-order valence-electron chi connectivity index (χ2n) is 7.94. The highest BCUT2D eigenvalue weighted by atomic mass is 16.3. The van der Waals surface area contributed by atoms with E-state index >= 15 is 0 Å². The largest absolute Gasteiger partial charge is 0.501 e. The first-order valence-corrected chi connectivity index (χ1v) is 9.57. The van der Waals surface area contributed by atoms with Gasteiger partial charge in [-0.1, -0.05) is 42.7 Å². The fourth-order valence-corrected chi connectivity index (χ4v) is 4.54. The number of amides is 1. The number of carbonyl (C=O) groups is 1. The Balaban J connectivity index is 1.82. The Kier molecular flexibility index (Phi) is 4.29. The van der Waals surface area contributed by atoms with Crippen molar-refractivity contribution in [2.24, 2.45) is 0 Å². The average molecular weight is 367 g/mol. The number of hydrogen-bond donors (Lipinski definition) is 1. The molecule has 1 N–H and O–H groups in total. The number of aryl methyl sites for hydroxylation is 1. The summed E-state index contributed by atoms with van der Waals surface area (Å²) >= 11 is 0. The molecule has 6 heteroatoms. The normalized spacial score (nSPS) is 18.6. The minimum absolute atomic E-state index is 0.0721. The summed E-state index contributed by atoms with van der Waals surface area (Å²) < 4.78 is 1.76. The Labute approximate surface area is 158 Å². The number of aromatic hydroxyl groups is 1. The highest BCUT2D eigenvalue weighted by Gasteiger charge is 2.38. The predicted molar refractivity (Wildman–Crippen MR) is 102 cm³/mol. The van der Waals surface area contributed by atoms with Crippen LogP contribution >= 0.6 is 0 Å². The summed E-state index contributed by atoms with van der Waals surface area (Å²) in [6.45, 7) is 3.16. The van der Waals surface area contributed by atoms with Gasteiger partial charge in [-0.05, 0) is 25.3 Å². The number of fused-ring (bicyclic) bond motifs is 1. The first kappa shape index (κ1) is 17.8. The van der Waals surface area contributed by atoms with E-state index in [0.717, 1.165) is 25.7 Å². The van der Waals surface area contributed by atoms with Crippen LogP contribution in [0.4, 0.5) is 0 Å². The number of hydrogen-bond acceptors (Lipinski definition) is 4. The van der Waals surface area contributed by atoms with Gasteiger partial charge in [0.15, 0.2) is 5.69 Å². The van der Waals surface area contributed by atoms with Crippen molar-refractivity contribution in [2.75, 3.05) is 13.6 Å². The van der Waals surface area contributed by atoms with Crippen LogP contribution in [0.2, 0.25) is 0 Å². The molecule has 0 radical (unpaired) electrons. The van der Waals surface area contributed by atoms with E-state index in [2.05, 4.69) is 36.2 Å². The molecule has 0 unspecified atom stereocenters. The van der Waals surface area contributed by atoms with E-state index in [9.17, 15) is 14.7 Å². The number of rotatable bonds is 3. The molecule has 142 valence electrons. The third-order valence-electron chi connectivity index (χ3n) is 6.17. The maximum atomic E-state index is 12.5. The van der Waals surface area contributed by atoms with E-state index in [-0.39, 0.29) is 17.0 Å². The van der Waals surface area contributed by atoms with Crippen molar-refractivity contribution in [1.82, 2.24) is 14.5 Å². The maximum absolute atomic E-state index is 12.5. The number of benzene rings is 1. The van der Waals surface area contributed by atoms with E-state index in [1.165, 1.54) is 16.0 Å². The third kappa shape index (κ3) is 2.93. The first-order valence-electron chi connectivity index (χ1n) is 9.57. The topological polar surface area (TPSA) is 75.4 Å². The number of likely N-dealkylation sites (N-methyl/N-ethyl adjacent to an activating group) is 1. The molecule has 0 spiro atoms. The monoisotopic (exact) mass is 367 g/mol. The molecule has 0 saturated heterocycles. The van der Waals surface area contributed by atoms with Crippen molar-refractivity contribution in [3.8, 4) is 5.75 Å². The molecule has 1 amide bonds. The molecule has 1 saturated carbocycles. The molecule has 4 rings (SSSR count). The van der Waals surface area contributed by atoms with Crippen LogP contribution in [0.15, 0.2) is 29.1 Å². The highest BCUT2D eigenvalue weighted by Crippen LogP contribution is 2.43. The molecule has 1 aromatic heterocycles. The van der Waals surface area contributed by atoms with Gasteiger partial charge in [0.1, 0.15) is 5.82 Å². The Hall–Kier alpha value is -2.63. The van der Waals surface area contributed by atoms with Crippen LogP contribution in [-0.2, 0) is 18.4 Å². The SMILES string of the molecule is Cc1ccc(C2(Cc3nc(=O)c(O)c4n3CCN(C)C4=O)CCCC2)cc1. The minimum Gasteiger partial charge on any atom is -0.501 e. The molecule has 2 aliphatic rings. The van der Waals surface area contributed by atoms with Crippen LogP contribution in [-0.4, -0.2) is 39.1 Å². The van der Waals surface area contributed by atoms with E-state index < -0.39 is 11.3 Å². The van der Waals surface area contributed by atoms with Crippen molar-refractivity contribution in [3.63, 3.8) is 0 Å². The van der Waals surface area contributed by atoms with Crippen molar-refractivity contribution < 1.29 is 9.90 Å². The molecule has 1 fully saturated rings. The fraction of sp³-hybridized carbons (Fsp3) is 0.476. The van der Waals surface area contributed by atoms with Gasteiger partial charge in [0.25, 0.3) is 5.91 Å². The Morgan fingerprint density at radius 1 is 1.11 bits per heavy atom. The lowest BCUT2D eigenvalue weighted by Crippen LogP contribution is -2.42. The second-order valence-corrected chi connectivity index (χ2v) is 7.94. The van der Waals surface area contributed by atoms with Crippen LogP contribution in [0.3, 0.4) is 0 Å². The van der Waals surface area contributed by atoms with Crippen LogP contribution < -0.4 is 5.56 Å². The summed E-state index contributed by atoms with van der Waals surface area (Å²) in [4.78, 5) is 30.5. The van der Waals surface area contributed by atoms with Gasteiger partial charge < -0.3 is 14.6 Å². The van der Waals surface area contributed by atoms with Gasteiger partial charge in [0.05, 0.1) is 0 Å². The van der Waals surface area contributed by atoms with E-state index in [0.29, 0.717) is 25.3 Å². The minimum atomic E-state index is -0.711. The zero-order valence-electron chi connectivity index (χ0n) is 15.9. The number of aromatic nitrogens is 2. The number of carbonyl (C=O) groups excluding carboxylic acids is 1. The van der Waals surface area contributed by atoms with Crippen LogP contribution in [0, 0.1) is 6.92 Å². The van der Waals surface area contributed by atoms with Crippen molar-refractivity contribution in [3.05, 3.63) is 57.3 Å². The van der Waals surface area contributed by atoms with E-state index in [4.69, 9.17) is 0 Å². The number of nitrogens with zero attached hydrogens (tertiary/aromatic N) is 3. The van der Waals surface area contributed by atoms with Crippen molar-refractivity contribution in [2.45, 2.75) is 51.0 Å². The van der Waals surface area contributed by atoms with E-state index in [1.807, 2.05) is 0 Å². The smallest absolute Gasteiger partial charge is 0.315 e. The second kappa shape index (κ2) is 6.51. The van der Waals surface area contributed by atoms with Gasteiger partial charge in [-0.15, -0.1) is 0 Å². The summed E-state index contributed by atoms with van der Waals surface area (Å²) in [5, 5.41) is 10.2. The maximum Gasteiger partial charge on any atom is 0.315 e. The Morgan fingerprint density at radius 3 is 2.44 bits per heavy atom. The molecule has 0 bridgehead atoms. The standard InChI is InChI=1S/C21H25N3O3/c1-14-5-7-15(8-6-14)21(9-3-4-10-21)13-16-22-19(26)18(25)17-20(27)23(2)11-12-24(16)17/h5-8,25H,3-4,9-13H2,1-2H3. The zero-order valence-corrected chi connectivity index (χ0v) is 15.9. The fourth-order valence-electron chi connectivity index (χ4n) is 4.54. The van der Waals surface area contributed by atoms with E-state index in [1.54, 1.807) is 11.6 Å². The highest BCUT2D eigenvalue weighted by molar-refractivity contribution is 5.95. The predicted octanol–water partition coefficient (Wildman–Crippen LogP) is 2.40. The van der Waals surface area contributed by atoms with Gasteiger partial charge in [-0.2, -0.15) is 4.98 Å². The molecule has 1 aromatic carbocycles. The summed E-state index contributed by atoms with van der Waals surface area (Å²) in [7, 11) is 1.68. The molecule has 1 aliphatic carbocycles. The van der Waals surface area contributed by atoms with Gasteiger partial charge in [-0.25, -0.2) is 0 Å². The van der Waals surface area contributed by atoms with Crippen molar-refractivity contribution in [1.29, 1.82) is 0 Å². The lowest BCUT2D eigenvalue weighted by molar-refractivity contribution is 0.0737. The summed E-state index contributed by atoms with van der Waals surface area (Å²) in [6.07, 6.45) is 4.97. The van der Waals surface area contributed by atoms with Crippen LogP contribution in [0.1, 0.15) is 53.1 Å². The average Bonchev–Trinajstić information content (AvgIpc) is 3.12. The Morgan fingerprint density at radius 2 is 1.78 bits per heavy atom. The first-order chi connectivity index (χ1) is 12.9. The Bertz CT molecular complexity index is 940. The molecule has 2 aromatic rings. The molecular formula is C21H25N3O3. The van der Waals surface area contributed by atoms with Crippen LogP contribution in [0.25, 0.3) is 0 Å². The van der Waals surface area contributed by atoms with Gasteiger partial charge in [0.2, 0.25) is 5.75 Å². The third-order valence-corrected chi connectivity index (χ3v) is 6.17. The lowest BCUT2D eigenvalue weighted by Gasteiger charge is -2.33. The zero-order chi connectivity index (χ0) is 19.2. The van der Waals surface area contributed by atoms with Crippen LogP contribution in [0.5, 0.6) is 5.75 Å². The summed E-state index contributed by atoms with van der Waals surface area (Å²) in [6, 6.07) is 8.60. The summed E-state index contributed by atoms with van der Waals surface area (Å²) in [5.41, 5.74) is 1.78. The van der Waals surface area contributed by atoms with Gasteiger partial charge in [-0.3, -0.25) is 9.59 Å². The summed E-state index contributed by atoms with van der Waals surface area (Å²) in [5.74, 6) is -0.252. The van der Waals surface area contributed by atoms with Gasteiger partial charge >= 0.3 is 5.56 Å². The molecule has 27 heavy (non-hydrogen) atoms. The molecular weight excluding hydrogens is 342 g/mol. The quantitative estimate of drug-likeness (QED) is 0.904. The molecule has 1 aliphatic heterocycles. The van der Waals surface area contributed by atoms with Crippen molar-refractivity contribution >= 4 is 5.91 Å². The lowest BCUT2D eigenvalue weighted by atomic mass is 9.75. The molecule has 0 atom stereocenters. The van der Waals surface area contributed by atoms with Gasteiger partial charge in [0, 0.05) is 32.0 Å². The molecule has 6 nitrogen and oxygen atoms in total. The molecule has 2 heterocycles.